The Bertz CT molecular complexity index is 2200. The Balaban J connectivity index is 1.18. The zero-order valence-corrected chi connectivity index (χ0v) is 26.0. The minimum Gasteiger partial charge on any atom is -0.354 e. The van der Waals surface area contributed by atoms with Crippen LogP contribution < -0.4 is 5.32 Å². The van der Waals surface area contributed by atoms with Gasteiger partial charge in [0.25, 0.3) is 0 Å². The van der Waals surface area contributed by atoms with E-state index in [-0.39, 0.29) is 0 Å². The molecule has 2 aromatic heterocycles. The van der Waals surface area contributed by atoms with E-state index in [0.717, 1.165) is 11.4 Å². The highest BCUT2D eigenvalue weighted by Crippen LogP contribution is 2.47. The van der Waals surface area contributed by atoms with Crippen LogP contribution in [0.25, 0.3) is 55.0 Å². The quantitative estimate of drug-likeness (QED) is 0.218. The molecule has 0 radical (unpaired) electrons. The summed E-state index contributed by atoms with van der Waals surface area (Å²) in [5.41, 5.74) is 14.7. The predicted molar refractivity (Wildman–Crippen MR) is 188 cm³/mol. The third kappa shape index (κ3) is 3.77. The Morgan fingerprint density at radius 2 is 0.750 bits per heavy atom. The Kier molecular flexibility index (Phi) is 5.39. The Hall–Kier alpha value is -4.93. The van der Waals surface area contributed by atoms with E-state index in [1.165, 1.54) is 87.0 Å². The highest BCUT2D eigenvalue weighted by Gasteiger charge is 2.21. The summed E-state index contributed by atoms with van der Waals surface area (Å²) in [6.45, 7) is 8.69. The van der Waals surface area contributed by atoms with Gasteiger partial charge in [-0.25, -0.2) is 0 Å². The van der Waals surface area contributed by atoms with Crippen LogP contribution in [0.5, 0.6) is 0 Å². The van der Waals surface area contributed by atoms with Crippen molar-refractivity contribution in [3.8, 4) is 11.4 Å². The highest BCUT2D eigenvalue weighted by atomic mass is 32.2. The second-order valence-electron chi connectivity index (χ2n) is 12.3. The maximum absolute atomic E-state index is 3.72. The number of hydrogen-bond acceptors (Lipinski definition) is 2. The number of nitrogens with one attached hydrogen (secondary N) is 1. The third-order valence-corrected chi connectivity index (χ3v) is 10.2. The van der Waals surface area contributed by atoms with Gasteiger partial charge in [-0.05, 0) is 113 Å². The van der Waals surface area contributed by atoms with Crippen molar-refractivity contribution in [3.63, 3.8) is 0 Å². The molecule has 0 fully saturated rings. The van der Waals surface area contributed by atoms with E-state index in [1.807, 2.05) is 11.8 Å². The molecule has 4 heteroatoms. The molecule has 0 atom stereocenters. The smallest absolute Gasteiger partial charge is 0.0541 e. The summed E-state index contributed by atoms with van der Waals surface area (Å²) in [5, 5.41) is 8.94. The number of aromatic nitrogens is 2. The number of anilines is 2. The van der Waals surface area contributed by atoms with Gasteiger partial charge in [0.1, 0.15) is 0 Å². The second-order valence-corrected chi connectivity index (χ2v) is 13.4. The molecule has 0 bridgehead atoms. The van der Waals surface area contributed by atoms with Gasteiger partial charge in [0.2, 0.25) is 0 Å². The van der Waals surface area contributed by atoms with Gasteiger partial charge in [0.15, 0.2) is 0 Å². The van der Waals surface area contributed by atoms with Crippen LogP contribution in [0, 0.1) is 27.7 Å². The number of nitrogens with zero attached hydrogens (tertiary/aromatic N) is 2. The maximum atomic E-state index is 3.72. The minimum absolute atomic E-state index is 1.15. The van der Waals surface area contributed by atoms with Crippen molar-refractivity contribution in [1.29, 1.82) is 0 Å². The number of benzene rings is 6. The van der Waals surface area contributed by atoms with E-state index in [0.29, 0.717) is 0 Å². The Labute approximate surface area is 260 Å². The van der Waals surface area contributed by atoms with Gasteiger partial charge in [-0.1, -0.05) is 58.3 Å². The summed E-state index contributed by atoms with van der Waals surface area (Å²) in [4.78, 5) is 2.46. The first-order valence-corrected chi connectivity index (χ1v) is 16.0. The van der Waals surface area contributed by atoms with Gasteiger partial charge in [-0.15, -0.1) is 0 Å². The van der Waals surface area contributed by atoms with Crippen LogP contribution in [0.1, 0.15) is 22.3 Å². The molecule has 44 heavy (non-hydrogen) atoms. The summed E-state index contributed by atoms with van der Waals surface area (Å²) in [6.07, 6.45) is 0. The molecule has 0 spiro atoms. The first-order chi connectivity index (χ1) is 21.4. The van der Waals surface area contributed by atoms with Gasteiger partial charge in [0, 0.05) is 42.7 Å². The molecule has 8 aromatic rings. The number of fused-ring (bicyclic) bond motifs is 8. The number of hydrogen-bond donors (Lipinski definition) is 1. The lowest BCUT2D eigenvalue weighted by atomic mass is 10.1. The largest absolute Gasteiger partial charge is 0.354 e. The Morgan fingerprint density at radius 1 is 0.409 bits per heavy atom. The molecule has 0 saturated carbocycles. The molecule has 0 aliphatic carbocycles. The van der Waals surface area contributed by atoms with Crippen LogP contribution in [-0.2, 0) is 0 Å². The molecule has 0 amide bonds. The van der Waals surface area contributed by atoms with Crippen molar-refractivity contribution >= 4 is 66.7 Å². The number of rotatable bonds is 2. The van der Waals surface area contributed by atoms with Crippen LogP contribution in [0.15, 0.2) is 119 Å². The third-order valence-electron chi connectivity index (χ3n) is 9.09. The first kappa shape index (κ1) is 25.6. The van der Waals surface area contributed by atoms with E-state index in [4.69, 9.17) is 0 Å². The topological polar surface area (TPSA) is 21.9 Å². The molecule has 3 heterocycles. The van der Waals surface area contributed by atoms with Gasteiger partial charge in [-0.3, -0.25) is 0 Å². The summed E-state index contributed by atoms with van der Waals surface area (Å²) in [6, 6.07) is 40.8. The van der Waals surface area contributed by atoms with Crippen molar-refractivity contribution in [1.82, 2.24) is 9.13 Å². The van der Waals surface area contributed by atoms with Gasteiger partial charge in [0.05, 0.1) is 33.4 Å². The summed E-state index contributed by atoms with van der Waals surface area (Å²) in [5.74, 6) is 0. The average molecular weight is 586 g/mol. The molecule has 1 aliphatic rings. The lowest BCUT2D eigenvalue weighted by Gasteiger charge is -2.23. The van der Waals surface area contributed by atoms with E-state index >= 15 is 0 Å². The lowest BCUT2D eigenvalue weighted by Crippen LogP contribution is -2.03. The van der Waals surface area contributed by atoms with Crippen molar-refractivity contribution in [2.24, 2.45) is 0 Å². The van der Waals surface area contributed by atoms with E-state index in [9.17, 15) is 0 Å². The van der Waals surface area contributed by atoms with Crippen LogP contribution in [0.4, 0.5) is 11.4 Å². The van der Waals surface area contributed by atoms with Crippen molar-refractivity contribution in [2.45, 2.75) is 37.5 Å². The molecule has 9 rings (SSSR count). The van der Waals surface area contributed by atoms with Crippen LogP contribution in [0.3, 0.4) is 0 Å². The van der Waals surface area contributed by atoms with E-state index in [1.54, 1.807) is 0 Å². The maximum Gasteiger partial charge on any atom is 0.0541 e. The normalized spacial score (nSPS) is 12.6. The fraction of sp³-hybridized carbons (Fsp3) is 0.100. The zero-order chi connectivity index (χ0) is 29.7. The fourth-order valence-electron chi connectivity index (χ4n) is 7.00. The molecular formula is C40H31N3S. The standard InChI is InChI=1S/C40H31N3S/c1-23-5-13-35-29(17-23)30-18-24(2)6-14-36(30)42(35)27-9-11-33-39(21-27)44-40-22-28(10-12-34(40)41-33)43-37-15-7-25(3)19-31(37)32-20-26(4)8-16-38(32)43/h5-22,41H,1-4H3. The molecule has 212 valence electrons. The second kappa shape index (κ2) is 9.28. The molecule has 0 saturated heterocycles. The number of aryl methyl sites for hydroxylation is 4. The molecular weight excluding hydrogens is 555 g/mol. The predicted octanol–water partition coefficient (Wildman–Crippen LogP) is 11.3. The zero-order valence-electron chi connectivity index (χ0n) is 25.2. The Morgan fingerprint density at radius 3 is 1.09 bits per heavy atom. The van der Waals surface area contributed by atoms with Crippen molar-refractivity contribution in [2.75, 3.05) is 5.32 Å². The van der Waals surface area contributed by atoms with Gasteiger partial charge in [-0.2, -0.15) is 0 Å². The molecule has 3 nitrogen and oxygen atoms in total. The van der Waals surface area contributed by atoms with Gasteiger partial charge >= 0.3 is 0 Å². The molecule has 6 aromatic carbocycles. The summed E-state index contributed by atoms with van der Waals surface area (Å²) in [7, 11) is 0. The summed E-state index contributed by atoms with van der Waals surface area (Å²) < 4.78 is 4.83. The van der Waals surface area contributed by atoms with Crippen molar-refractivity contribution < 1.29 is 0 Å². The lowest BCUT2D eigenvalue weighted by molar-refractivity contribution is 1.14. The molecule has 1 aliphatic heterocycles. The van der Waals surface area contributed by atoms with Gasteiger partial charge < -0.3 is 14.5 Å². The minimum atomic E-state index is 1.15. The van der Waals surface area contributed by atoms with Crippen LogP contribution in [0.2, 0.25) is 0 Å². The molecule has 1 N–H and O–H groups in total. The first-order valence-electron chi connectivity index (χ1n) is 15.2. The average Bonchev–Trinajstić information content (AvgIpc) is 3.50. The summed E-state index contributed by atoms with van der Waals surface area (Å²) >= 11 is 1.85. The SMILES string of the molecule is Cc1ccc2c(c1)c1cc(C)ccc1n2-c1ccc2c(c1)Sc1cc(-n3c4ccc(C)cc4c4cc(C)ccc43)ccc1N2. The fourth-order valence-corrected chi connectivity index (χ4v) is 8.05. The van der Waals surface area contributed by atoms with Crippen molar-refractivity contribution in [3.05, 3.63) is 131 Å². The van der Waals surface area contributed by atoms with Crippen LogP contribution in [-0.4, -0.2) is 9.13 Å². The van der Waals surface area contributed by atoms with E-state index in [2.05, 4.69) is 151 Å². The highest BCUT2D eigenvalue weighted by molar-refractivity contribution is 7.99. The molecule has 0 unspecified atom stereocenters. The monoisotopic (exact) mass is 585 g/mol. The van der Waals surface area contributed by atoms with Crippen LogP contribution >= 0.6 is 11.8 Å². The van der Waals surface area contributed by atoms with E-state index < -0.39 is 0 Å².